The number of nitrogens with zero attached hydrogens (tertiary/aromatic N) is 1. The van der Waals surface area contributed by atoms with Crippen LogP contribution >= 0.6 is 0 Å². The molecule has 1 heterocycles. The van der Waals surface area contributed by atoms with Crippen molar-refractivity contribution in [1.29, 1.82) is 0 Å². The summed E-state index contributed by atoms with van der Waals surface area (Å²) in [6.45, 7) is 0. The molecule has 0 saturated heterocycles. The highest BCUT2D eigenvalue weighted by molar-refractivity contribution is 5.92. The van der Waals surface area contributed by atoms with Gasteiger partial charge in [-0.1, -0.05) is 0 Å². The van der Waals surface area contributed by atoms with Crippen LogP contribution in [0.5, 0.6) is 0 Å². The van der Waals surface area contributed by atoms with Gasteiger partial charge in [-0.15, -0.1) is 0 Å². The molecule has 5 nitrogen and oxygen atoms in total. The number of H-pyrrole nitrogens is 1. The summed E-state index contributed by atoms with van der Waals surface area (Å²) in [6, 6.07) is 4.24. The maximum Gasteiger partial charge on any atom is 0.335 e. The zero-order chi connectivity index (χ0) is 10.1. The molecule has 14 heavy (non-hydrogen) atoms. The highest BCUT2D eigenvalue weighted by Crippen LogP contribution is 2.08. The third kappa shape index (κ3) is 1.24. The van der Waals surface area contributed by atoms with Crippen molar-refractivity contribution in [2.75, 3.05) is 0 Å². The molecule has 0 fully saturated rings. The van der Waals surface area contributed by atoms with E-state index in [1.807, 2.05) is 0 Å². The fraction of sp³-hybridized carbons (Fsp3) is 0. The number of aromatic amines is 1. The Morgan fingerprint density at radius 1 is 1.43 bits per heavy atom. The number of nitrogens with one attached hydrogen (secondary N) is 1. The topological polar surface area (TPSA) is 83.0 Å². The van der Waals surface area contributed by atoms with E-state index < -0.39 is 5.97 Å². The first-order valence-electron chi connectivity index (χ1n) is 3.89. The number of aromatic carboxylic acids is 1. The van der Waals surface area contributed by atoms with Gasteiger partial charge in [-0.2, -0.15) is 5.10 Å². The molecule has 0 aliphatic rings. The Morgan fingerprint density at radius 2 is 2.21 bits per heavy atom. The second-order valence-electron chi connectivity index (χ2n) is 2.80. The molecule has 0 saturated carbocycles. The summed E-state index contributed by atoms with van der Waals surface area (Å²) in [5, 5.41) is 15.3. The van der Waals surface area contributed by atoms with Gasteiger partial charge in [0.25, 0.3) is 0 Å². The summed E-state index contributed by atoms with van der Waals surface area (Å²) in [4.78, 5) is 21.8. The second-order valence-corrected chi connectivity index (χ2v) is 2.80. The number of hydrogen-bond acceptors (Lipinski definition) is 3. The van der Waals surface area contributed by atoms with Crippen molar-refractivity contribution in [1.82, 2.24) is 10.2 Å². The van der Waals surface area contributed by atoms with Gasteiger partial charge in [0.1, 0.15) is 0 Å². The van der Waals surface area contributed by atoms with Gasteiger partial charge in [-0.3, -0.25) is 9.89 Å². The average molecular weight is 190 g/mol. The summed E-state index contributed by atoms with van der Waals surface area (Å²) < 4.78 is 0. The van der Waals surface area contributed by atoms with Crippen LogP contribution in [0.15, 0.2) is 29.2 Å². The van der Waals surface area contributed by atoms with Crippen LogP contribution < -0.4 is 5.43 Å². The van der Waals surface area contributed by atoms with Crippen LogP contribution in [0.25, 0.3) is 10.9 Å². The zero-order valence-corrected chi connectivity index (χ0v) is 7.02. The van der Waals surface area contributed by atoms with Gasteiger partial charge in [0.05, 0.1) is 17.3 Å². The van der Waals surface area contributed by atoms with E-state index >= 15 is 0 Å². The van der Waals surface area contributed by atoms with Crippen LogP contribution in [0.2, 0.25) is 0 Å². The summed E-state index contributed by atoms with van der Waals surface area (Å²) in [7, 11) is 0. The predicted octanol–water partition coefficient (Wildman–Crippen LogP) is 0.621. The minimum Gasteiger partial charge on any atom is -0.478 e. The van der Waals surface area contributed by atoms with Gasteiger partial charge in [0.2, 0.25) is 5.43 Å². The molecule has 0 spiro atoms. The fourth-order valence-corrected chi connectivity index (χ4v) is 1.21. The van der Waals surface area contributed by atoms with Crippen LogP contribution in [0.3, 0.4) is 0 Å². The van der Waals surface area contributed by atoms with Gasteiger partial charge < -0.3 is 5.11 Å². The molecule has 0 unspecified atom stereocenters. The number of fused-ring (bicyclic) bond motifs is 1. The number of carboxylic acid groups (broad SMARTS) is 1. The van der Waals surface area contributed by atoms with Crippen LogP contribution in [0.1, 0.15) is 10.4 Å². The maximum absolute atomic E-state index is 11.2. The van der Waals surface area contributed by atoms with Crippen LogP contribution in [-0.2, 0) is 0 Å². The molecule has 70 valence electrons. The Hall–Kier alpha value is -2.17. The molecule has 5 heteroatoms. The molecule has 2 N–H and O–H groups in total. The molecule has 0 aliphatic heterocycles. The van der Waals surface area contributed by atoms with Crippen LogP contribution in [0, 0.1) is 0 Å². The van der Waals surface area contributed by atoms with Gasteiger partial charge in [0, 0.05) is 5.39 Å². The molecule has 0 atom stereocenters. The SMILES string of the molecule is O=C(O)c1ccc2c(=O)cn[nH]c2c1. The van der Waals surface area contributed by atoms with Crippen molar-refractivity contribution in [3.63, 3.8) is 0 Å². The standard InChI is InChI=1S/C9H6N2O3/c12-8-4-10-11-7-3-5(9(13)14)1-2-6(7)8/h1-4H,(H,11,12)(H,13,14). The molecule has 0 radical (unpaired) electrons. The Kier molecular flexibility index (Phi) is 1.78. The molecular weight excluding hydrogens is 184 g/mol. The first-order valence-corrected chi connectivity index (χ1v) is 3.89. The lowest BCUT2D eigenvalue weighted by Crippen LogP contribution is -2.04. The summed E-state index contributed by atoms with van der Waals surface area (Å²) in [5.74, 6) is -1.03. The summed E-state index contributed by atoms with van der Waals surface area (Å²) in [6.07, 6.45) is 1.16. The van der Waals surface area contributed by atoms with Crippen molar-refractivity contribution in [2.45, 2.75) is 0 Å². The third-order valence-electron chi connectivity index (χ3n) is 1.90. The lowest BCUT2D eigenvalue weighted by molar-refractivity contribution is 0.0697. The van der Waals surface area contributed by atoms with E-state index in [1.165, 1.54) is 18.2 Å². The number of carboxylic acids is 1. The summed E-state index contributed by atoms with van der Waals surface area (Å²) in [5.41, 5.74) is 0.328. The number of hydrogen-bond donors (Lipinski definition) is 2. The second kappa shape index (κ2) is 2.95. The fourth-order valence-electron chi connectivity index (χ4n) is 1.21. The lowest BCUT2D eigenvalue weighted by Gasteiger charge is -1.97. The van der Waals surface area contributed by atoms with E-state index in [9.17, 15) is 9.59 Å². The largest absolute Gasteiger partial charge is 0.478 e. The average Bonchev–Trinajstić information content (AvgIpc) is 2.17. The Labute approximate surface area is 78.0 Å². The number of aromatic nitrogens is 2. The molecule has 0 amide bonds. The van der Waals surface area contributed by atoms with E-state index in [0.29, 0.717) is 10.9 Å². The maximum atomic E-state index is 11.2. The van der Waals surface area contributed by atoms with Crippen molar-refractivity contribution in [3.8, 4) is 0 Å². The van der Waals surface area contributed by atoms with Crippen LogP contribution in [-0.4, -0.2) is 21.3 Å². The number of rotatable bonds is 1. The Morgan fingerprint density at radius 3 is 2.93 bits per heavy atom. The van der Waals surface area contributed by atoms with Crippen molar-refractivity contribution in [3.05, 3.63) is 40.2 Å². The minimum atomic E-state index is -1.03. The highest BCUT2D eigenvalue weighted by Gasteiger charge is 2.04. The van der Waals surface area contributed by atoms with E-state index in [2.05, 4.69) is 10.2 Å². The van der Waals surface area contributed by atoms with E-state index in [1.54, 1.807) is 0 Å². The smallest absolute Gasteiger partial charge is 0.335 e. The van der Waals surface area contributed by atoms with Gasteiger partial charge >= 0.3 is 5.97 Å². The molecule has 1 aromatic carbocycles. The van der Waals surface area contributed by atoms with Crippen LogP contribution in [0.4, 0.5) is 0 Å². The lowest BCUT2D eigenvalue weighted by atomic mass is 10.1. The first-order chi connectivity index (χ1) is 6.68. The third-order valence-corrected chi connectivity index (χ3v) is 1.90. The molecule has 0 aliphatic carbocycles. The van der Waals surface area contributed by atoms with Gasteiger partial charge in [0.15, 0.2) is 0 Å². The molecular formula is C9H6N2O3. The summed E-state index contributed by atoms with van der Waals surface area (Å²) >= 11 is 0. The zero-order valence-electron chi connectivity index (χ0n) is 7.02. The van der Waals surface area contributed by atoms with E-state index in [4.69, 9.17) is 5.11 Å². The van der Waals surface area contributed by atoms with E-state index in [-0.39, 0.29) is 11.0 Å². The normalized spacial score (nSPS) is 10.3. The minimum absolute atomic E-state index is 0.126. The molecule has 2 rings (SSSR count). The van der Waals surface area contributed by atoms with Crippen molar-refractivity contribution < 1.29 is 9.90 Å². The van der Waals surface area contributed by atoms with Crippen molar-refractivity contribution in [2.24, 2.45) is 0 Å². The van der Waals surface area contributed by atoms with E-state index in [0.717, 1.165) is 6.20 Å². The first kappa shape index (κ1) is 8.43. The predicted molar refractivity (Wildman–Crippen MR) is 49.3 cm³/mol. The molecule has 2 aromatic rings. The highest BCUT2D eigenvalue weighted by atomic mass is 16.4. The molecule has 1 aromatic heterocycles. The van der Waals surface area contributed by atoms with Crippen molar-refractivity contribution >= 4 is 16.9 Å². The molecule has 0 bridgehead atoms. The Balaban J connectivity index is 2.80. The van der Waals surface area contributed by atoms with Gasteiger partial charge in [-0.25, -0.2) is 4.79 Å². The quantitative estimate of drug-likeness (QED) is 0.690. The number of benzene rings is 1. The monoisotopic (exact) mass is 190 g/mol. The number of carbonyl (C=O) groups is 1. The van der Waals surface area contributed by atoms with Gasteiger partial charge in [-0.05, 0) is 18.2 Å². The Bertz CT molecular complexity index is 559.